The van der Waals surface area contributed by atoms with E-state index < -0.39 is 6.04 Å². The van der Waals surface area contributed by atoms with E-state index in [2.05, 4.69) is 36.6 Å². The molecule has 0 aliphatic rings. The van der Waals surface area contributed by atoms with Crippen molar-refractivity contribution in [1.29, 1.82) is 0 Å². The van der Waals surface area contributed by atoms with Crippen LogP contribution in [0.3, 0.4) is 0 Å². The molecule has 5 nitrogen and oxygen atoms in total. The second-order valence-corrected chi connectivity index (χ2v) is 12.9. The van der Waals surface area contributed by atoms with Gasteiger partial charge in [0.25, 0.3) is 0 Å². The molecule has 254 valence electrons. The van der Waals surface area contributed by atoms with E-state index >= 15 is 0 Å². The van der Waals surface area contributed by atoms with Crippen LogP contribution in [0.5, 0.6) is 0 Å². The van der Waals surface area contributed by atoms with Crippen LogP contribution in [-0.4, -0.2) is 30.9 Å². The highest BCUT2D eigenvalue weighted by Crippen LogP contribution is 2.13. The number of nitrogens with one attached hydrogen (secondary N) is 2. The molecule has 0 radical (unpaired) electrons. The molecule has 0 bridgehead atoms. The van der Waals surface area contributed by atoms with Gasteiger partial charge in [0.2, 0.25) is 11.8 Å². The zero-order valence-corrected chi connectivity index (χ0v) is 29.0. The third-order valence-corrected chi connectivity index (χ3v) is 8.60. The lowest BCUT2D eigenvalue weighted by atomic mass is 10.0. The average Bonchev–Trinajstić information content (AvgIpc) is 3.00. The molecular formula is C38H75N3O2. The molecule has 2 amide bonds. The summed E-state index contributed by atoms with van der Waals surface area (Å²) < 4.78 is 0. The summed E-state index contributed by atoms with van der Waals surface area (Å²) in [5.41, 5.74) is 5.73. The number of allylic oxidation sites excluding steroid dienone is 2. The molecule has 4 N–H and O–H groups in total. The maximum atomic E-state index is 12.6. The van der Waals surface area contributed by atoms with Crippen LogP contribution in [-0.2, 0) is 9.59 Å². The summed E-state index contributed by atoms with van der Waals surface area (Å²) in [6.45, 7) is 5.62. The quantitative estimate of drug-likeness (QED) is 0.0504. The van der Waals surface area contributed by atoms with Gasteiger partial charge in [0.15, 0.2) is 0 Å². The van der Waals surface area contributed by atoms with Gasteiger partial charge in [-0.2, -0.15) is 0 Å². The van der Waals surface area contributed by atoms with E-state index in [1.807, 2.05) is 0 Å². The first kappa shape index (κ1) is 41.6. The molecule has 0 fully saturated rings. The fourth-order valence-corrected chi connectivity index (χ4v) is 5.71. The molecule has 0 rings (SSSR count). The maximum absolute atomic E-state index is 12.6. The molecule has 0 spiro atoms. The Morgan fingerprint density at radius 1 is 0.558 bits per heavy atom. The number of hydrogen-bond acceptors (Lipinski definition) is 3. The lowest BCUT2D eigenvalue weighted by Gasteiger charge is -2.18. The predicted octanol–water partition coefficient (Wildman–Crippen LogP) is 10.5. The van der Waals surface area contributed by atoms with Crippen LogP contribution in [0.1, 0.15) is 200 Å². The molecule has 5 heteroatoms. The molecule has 1 atom stereocenters. The SMILES string of the molecule is CCCCCCCC/C=C/CCCCCCCC(=O)NC(CCN)C(=O)NCCCCCCCCCCCCCCCC. The second-order valence-electron chi connectivity index (χ2n) is 12.9. The Balaban J connectivity index is 3.67. The van der Waals surface area contributed by atoms with Crippen molar-refractivity contribution in [1.82, 2.24) is 10.6 Å². The first-order valence-corrected chi connectivity index (χ1v) is 19.1. The van der Waals surface area contributed by atoms with Gasteiger partial charge in [0.1, 0.15) is 6.04 Å². The first-order chi connectivity index (χ1) is 21.2. The van der Waals surface area contributed by atoms with Gasteiger partial charge in [-0.25, -0.2) is 0 Å². The lowest BCUT2D eigenvalue weighted by Crippen LogP contribution is -2.47. The minimum absolute atomic E-state index is 0.0253. The van der Waals surface area contributed by atoms with Crippen molar-refractivity contribution in [2.24, 2.45) is 5.73 Å². The topological polar surface area (TPSA) is 84.2 Å². The third-order valence-electron chi connectivity index (χ3n) is 8.60. The van der Waals surface area contributed by atoms with Gasteiger partial charge in [0, 0.05) is 13.0 Å². The molecule has 0 aromatic carbocycles. The fourth-order valence-electron chi connectivity index (χ4n) is 5.71. The number of rotatable bonds is 34. The number of amides is 2. The van der Waals surface area contributed by atoms with Crippen molar-refractivity contribution in [2.45, 2.75) is 206 Å². The summed E-state index contributed by atoms with van der Waals surface area (Å²) in [5, 5.41) is 5.95. The van der Waals surface area contributed by atoms with E-state index in [1.54, 1.807) is 0 Å². The Labute approximate surface area is 268 Å². The van der Waals surface area contributed by atoms with E-state index in [4.69, 9.17) is 5.73 Å². The zero-order chi connectivity index (χ0) is 31.5. The maximum Gasteiger partial charge on any atom is 0.242 e. The van der Waals surface area contributed by atoms with Crippen LogP contribution >= 0.6 is 0 Å². The summed E-state index contributed by atoms with van der Waals surface area (Å²) in [6.07, 6.45) is 40.4. The molecule has 0 aromatic heterocycles. The van der Waals surface area contributed by atoms with Gasteiger partial charge in [-0.15, -0.1) is 0 Å². The number of unbranched alkanes of at least 4 members (excludes halogenated alkanes) is 24. The largest absolute Gasteiger partial charge is 0.354 e. The minimum atomic E-state index is -0.507. The van der Waals surface area contributed by atoms with Crippen molar-refractivity contribution >= 4 is 11.8 Å². The van der Waals surface area contributed by atoms with Crippen LogP contribution in [0.2, 0.25) is 0 Å². The molecule has 1 unspecified atom stereocenters. The highest BCUT2D eigenvalue weighted by atomic mass is 16.2. The minimum Gasteiger partial charge on any atom is -0.354 e. The summed E-state index contributed by atoms with van der Waals surface area (Å²) in [6, 6.07) is -0.507. The van der Waals surface area contributed by atoms with Crippen molar-refractivity contribution in [3.05, 3.63) is 12.2 Å². The van der Waals surface area contributed by atoms with Gasteiger partial charge < -0.3 is 16.4 Å². The van der Waals surface area contributed by atoms with E-state index in [0.717, 1.165) is 25.7 Å². The molecular weight excluding hydrogens is 530 g/mol. The smallest absolute Gasteiger partial charge is 0.242 e. The summed E-state index contributed by atoms with van der Waals surface area (Å²) >= 11 is 0. The molecule has 0 aliphatic heterocycles. The second kappa shape index (κ2) is 35.1. The molecule has 0 heterocycles. The number of carbonyl (C=O) groups is 2. The van der Waals surface area contributed by atoms with Crippen molar-refractivity contribution in [3.63, 3.8) is 0 Å². The summed E-state index contributed by atoms with van der Waals surface area (Å²) in [5.74, 6) is -0.110. The van der Waals surface area contributed by atoms with Gasteiger partial charge in [0.05, 0.1) is 0 Å². The van der Waals surface area contributed by atoms with E-state index in [-0.39, 0.29) is 11.8 Å². The van der Waals surface area contributed by atoms with Crippen molar-refractivity contribution < 1.29 is 9.59 Å². The fraction of sp³-hybridized carbons (Fsp3) is 0.895. The molecule has 0 aromatic rings. The highest BCUT2D eigenvalue weighted by molar-refractivity contribution is 5.87. The molecule has 0 saturated heterocycles. The van der Waals surface area contributed by atoms with Crippen molar-refractivity contribution in [2.75, 3.05) is 13.1 Å². The van der Waals surface area contributed by atoms with Gasteiger partial charge in [-0.05, 0) is 51.5 Å². The van der Waals surface area contributed by atoms with Gasteiger partial charge in [-0.3, -0.25) is 9.59 Å². The lowest BCUT2D eigenvalue weighted by molar-refractivity contribution is -0.129. The van der Waals surface area contributed by atoms with Crippen LogP contribution in [0.15, 0.2) is 12.2 Å². The van der Waals surface area contributed by atoms with Crippen LogP contribution in [0.4, 0.5) is 0 Å². The number of carbonyl (C=O) groups excluding carboxylic acids is 2. The van der Waals surface area contributed by atoms with E-state index in [1.165, 1.54) is 148 Å². The van der Waals surface area contributed by atoms with Gasteiger partial charge >= 0.3 is 0 Å². The molecule has 43 heavy (non-hydrogen) atoms. The van der Waals surface area contributed by atoms with Crippen LogP contribution in [0, 0.1) is 0 Å². The standard InChI is InChI=1S/C38H75N3O2/c1-3-5-7-9-11-13-15-17-19-20-22-24-26-28-30-32-37(42)41-36(33-34-39)38(43)40-35-31-29-27-25-23-21-18-16-14-12-10-8-6-4-2/h17,19,36H,3-16,18,20-35,39H2,1-2H3,(H,40,43)(H,41,42)/b19-17+. The summed E-state index contributed by atoms with van der Waals surface area (Å²) in [4.78, 5) is 25.1. The molecule has 0 saturated carbocycles. The van der Waals surface area contributed by atoms with Crippen LogP contribution < -0.4 is 16.4 Å². The summed E-state index contributed by atoms with van der Waals surface area (Å²) in [7, 11) is 0. The number of hydrogen-bond donors (Lipinski definition) is 3. The van der Waals surface area contributed by atoms with Crippen LogP contribution in [0.25, 0.3) is 0 Å². The third kappa shape index (κ3) is 31.9. The molecule has 0 aliphatic carbocycles. The Morgan fingerprint density at radius 2 is 0.953 bits per heavy atom. The zero-order valence-electron chi connectivity index (χ0n) is 29.0. The Hall–Kier alpha value is -1.36. The van der Waals surface area contributed by atoms with Crippen molar-refractivity contribution in [3.8, 4) is 0 Å². The Bertz CT molecular complexity index is 622. The number of nitrogens with two attached hydrogens (primary N) is 1. The monoisotopic (exact) mass is 606 g/mol. The Morgan fingerprint density at radius 3 is 1.40 bits per heavy atom. The highest BCUT2D eigenvalue weighted by Gasteiger charge is 2.19. The Kier molecular flexibility index (Phi) is 34.0. The van der Waals surface area contributed by atoms with E-state index in [0.29, 0.717) is 25.9 Å². The normalized spacial score (nSPS) is 12.2. The first-order valence-electron chi connectivity index (χ1n) is 19.1. The average molecular weight is 606 g/mol. The van der Waals surface area contributed by atoms with E-state index in [9.17, 15) is 9.59 Å². The predicted molar refractivity (Wildman–Crippen MR) is 188 cm³/mol. The van der Waals surface area contributed by atoms with Gasteiger partial charge in [-0.1, -0.05) is 161 Å².